The van der Waals surface area contributed by atoms with E-state index in [2.05, 4.69) is 5.32 Å². The van der Waals surface area contributed by atoms with Crippen LogP contribution >= 0.6 is 11.8 Å². The van der Waals surface area contributed by atoms with Gasteiger partial charge in [-0.1, -0.05) is 0 Å². The highest BCUT2D eigenvalue weighted by Crippen LogP contribution is 2.17. The maximum absolute atomic E-state index is 11.7. The third kappa shape index (κ3) is 4.32. The lowest BCUT2D eigenvalue weighted by atomic mass is 10.2. The molecule has 0 aromatic carbocycles. The van der Waals surface area contributed by atoms with Crippen molar-refractivity contribution >= 4 is 22.6 Å². The van der Waals surface area contributed by atoms with Gasteiger partial charge in [-0.15, -0.1) is 0 Å². The van der Waals surface area contributed by atoms with Crippen LogP contribution in [0.5, 0.6) is 0 Å². The van der Waals surface area contributed by atoms with Crippen LogP contribution < -0.4 is 5.32 Å². The van der Waals surface area contributed by atoms with Crippen molar-refractivity contribution in [3.8, 4) is 0 Å². The van der Waals surface area contributed by atoms with E-state index in [1.165, 1.54) is 24.3 Å². The highest BCUT2D eigenvalue weighted by Gasteiger charge is 2.21. The first-order chi connectivity index (χ1) is 6.50. The van der Waals surface area contributed by atoms with Gasteiger partial charge in [-0.2, -0.15) is 11.8 Å². The molecule has 1 unspecified atom stereocenters. The SMILES string of the molecule is CC(C)(C)S(=O)CN[C@@H]1CCCSC1. The van der Waals surface area contributed by atoms with E-state index in [1.807, 2.05) is 32.5 Å². The van der Waals surface area contributed by atoms with Crippen LogP contribution in [0.25, 0.3) is 0 Å². The third-order valence-electron chi connectivity index (χ3n) is 2.35. The zero-order chi connectivity index (χ0) is 10.6. The van der Waals surface area contributed by atoms with Gasteiger partial charge in [0.2, 0.25) is 0 Å². The van der Waals surface area contributed by atoms with Crippen molar-refractivity contribution in [2.24, 2.45) is 0 Å². The van der Waals surface area contributed by atoms with Crippen molar-refractivity contribution in [1.82, 2.24) is 5.32 Å². The van der Waals surface area contributed by atoms with Gasteiger partial charge in [0.25, 0.3) is 0 Å². The molecule has 2 atom stereocenters. The first kappa shape index (κ1) is 12.5. The Morgan fingerprint density at radius 2 is 2.21 bits per heavy atom. The second kappa shape index (κ2) is 5.52. The summed E-state index contributed by atoms with van der Waals surface area (Å²) in [7, 11) is -0.759. The minimum atomic E-state index is -0.759. The van der Waals surface area contributed by atoms with Crippen LogP contribution in [0.2, 0.25) is 0 Å². The molecular weight excluding hydrogens is 214 g/mol. The van der Waals surface area contributed by atoms with Crippen molar-refractivity contribution in [3.63, 3.8) is 0 Å². The molecule has 1 aliphatic rings. The summed E-state index contributed by atoms with van der Waals surface area (Å²) in [5, 5.41) is 3.41. The number of thioether (sulfide) groups is 1. The summed E-state index contributed by atoms with van der Waals surface area (Å²) in [6, 6.07) is 0.583. The zero-order valence-electron chi connectivity index (χ0n) is 9.34. The molecule has 0 saturated carbocycles. The molecule has 0 bridgehead atoms. The van der Waals surface area contributed by atoms with Gasteiger partial charge in [0.1, 0.15) is 0 Å². The van der Waals surface area contributed by atoms with E-state index in [4.69, 9.17) is 0 Å². The van der Waals surface area contributed by atoms with E-state index >= 15 is 0 Å². The van der Waals surface area contributed by atoms with Gasteiger partial charge in [-0.25, -0.2) is 0 Å². The predicted octanol–water partition coefficient (Wildman–Crippen LogP) is 1.98. The minimum absolute atomic E-state index is 0.0885. The topological polar surface area (TPSA) is 29.1 Å². The Bertz CT molecular complexity index is 195. The van der Waals surface area contributed by atoms with Gasteiger partial charge >= 0.3 is 0 Å². The Kier molecular flexibility index (Phi) is 4.94. The smallest absolute Gasteiger partial charge is 0.0730 e. The first-order valence-corrected chi connectivity index (χ1v) is 7.67. The number of hydrogen-bond acceptors (Lipinski definition) is 3. The fourth-order valence-electron chi connectivity index (χ4n) is 1.31. The number of hydrogen-bond donors (Lipinski definition) is 1. The van der Waals surface area contributed by atoms with Crippen molar-refractivity contribution in [2.75, 3.05) is 17.4 Å². The molecule has 1 fully saturated rings. The van der Waals surface area contributed by atoms with E-state index in [-0.39, 0.29) is 4.75 Å². The van der Waals surface area contributed by atoms with E-state index in [0.717, 1.165) is 0 Å². The summed E-state index contributed by atoms with van der Waals surface area (Å²) >= 11 is 2.00. The largest absolute Gasteiger partial charge is 0.302 e. The van der Waals surface area contributed by atoms with Crippen LogP contribution in [-0.2, 0) is 10.8 Å². The minimum Gasteiger partial charge on any atom is -0.302 e. The van der Waals surface area contributed by atoms with Crippen molar-refractivity contribution < 1.29 is 4.21 Å². The molecule has 84 valence electrons. The van der Waals surface area contributed by atoms with Crippen molar-refractivity contribution in [2.45, 2.75) is 44.4 Å². The summed E-state index contributed by atoms with van der Waals surface area (Å²) in [6.45, 7) is 6.08. The van der Waals surface area contributed by atoms with Gasteiger partial charge in [0.15, 0.2) is 0 Å². The zero-order valence-corrected chi connectivity index (χ0v) is 11.0. The molecule has 4 heteroatoms. The molecule has 1 heterocycles. The third-order valence-corrected chi connectivity index (χ3v) is 5.36. The van der Waals surface area contributed by atoms with Crippen molar-refractivity contribution in [1.29, 1.82) is 0 Å². The highest BCUT2D eigenvalue weighted by atomic mass is 32.2. The van der Waals surface area contributed by atoms with Gasteiger partial charge in [0, 0.05) is 27.3 Å². The first-order valence-electron chi connectivity index (χ1n) is 5.20. The summed E-state index contributed by atoms with van der Waals surface area (Å²) in [5.41, 5.74) is 0. The summed E-state index contributed by atoms with van der Waals surface area (Å²) in [5.74, 6) is 3.12. The molecule has 2 nitrogen and oxygen atoms in total. The fourth-order valence-corrected chi connectivity index (χ4v) is 3.24. The highest BCUT2D eigenvalue weighted by molar-refractivity contribution is 7.99. The lowest BCUT2D eigenvalue weighted by molar-refractivity contribution is 0.538. The normalized spacial score (nSPS) is 26.1. The van der Waals surface area contributed by atoms with Crippen LogP contribution in [0.15, 0.2) is 0 Å². The van der Waals surface area contributed by atoms with Crippen LogP contribution in [0.3, 0.4) is 0 Å². The molecule has 14 heavy (non-hydrogen) atoms. The summed E-state index contributed by atoms with van der Waals surface area (Å²) < 4.78 is 11.7. The van der Waals surface area contributed by atoms with Crippen LogP contribution in [0.1, 0.15) is 33.6 Å². The molecule has 1 saturated heterocycles. The van der Waals surface area contributed by atoms with Gasteiger partial charge in [-0.3, -0.25) is 4.21 Å². The Morgan fingerprint density at radius 3 is 2.71 bits per heavy atom. The van der Waals surface area contributed by atoms with Crippen LogP contribution in [-0.4, -0.2) is 32.4 Å². The quantitative estimate of drug-likeness (QED) is 0.811. The van der Waals surface area contributed by atoms with E-state index in [1.54, 1.807) is 0 Å². The lowest BCUT2D eigenvalue weighted by Gasteiger charge is -2.24. The molecule has 1 aliphatic heterocycles. The van der Waals surface area contributed by atoms with Gasteiger partial charge in [-0.05, 0) is 39.4 Å². The lowest BCUT2D eigenvalue weighted by Crippen LogP contribution is -2.39. The van der Waals surface area contributed by atoms with Gasteiger partial charge < -0.3 is 5.32 Å². The molecule has 1 rings (SSSR count). The Morgan fingerprint density at radius 1 is 1.50 bits per heavy atom. The van der Waals surface area contributed by atoms with Crippen LogP contribution in [0.4, 0.5) is 0 Å². The maximum Gasteiger partial charge on any atom is 0.0730 e. The monoisotopic (exact) mass is 235 g/mol. The predicted molar refractivity (Wildman–Crippen MR) is 66.2 cm³/mol. The Balaban J connectivity index is 2.22. The second-order valence-corrected chi connectivity index (χ2v) is 8.07. The fraction of sp³-hybridized carbons (Fsp3) is 1.00. The van der Waals surface area contributed by atoms with Gasteiger partial charge in [0.05, 0.1) is 5.88 Å². The molecule has 0 amide bonds. The molecule has 0 aromatic rings. The van der Waals surface area contributed by atoms with E-state index in [0.29, 0.717) is 11.9 Å². The summed E-state index contributed by atoms with van der Waals surface area (Å²) in [6.07, 6.45) is 2.54. The Labute approximate surface area is 94.1 Å². The molecule has 0 spiro atoms. The molecule has 0 radical (unpaired) electrons. The van der Waals surface area contributed by atoms with E-state index < -0.39 is 10.8 Å². The summed E-state index contributed by atoms with van der Waals surface area (Å²) in [4.78, 5) is 0. The molecule has 1 N–H and O–H groups in total. The number of nitrogens with one attached hydrogen (secondary N) is 1. The average molecular weight is 235 g/mol. The molecular formula is C10H21NOS2. The molecule has 0 aliphatic carbocycles. The Hall–Kier alpha value is 0.460. The van der Waals surface area contributed by atoms with Crippen LogP contribution in [0, 0.1) is 0 Å². The standard InChI is InChI=1S/C10H21NOS2/c1-10(2,3)14(12)8-11-9-5-4-6-13-7-9/h9,11H,4-8H2,1-3H3/t9-,14?/m1/s1. The van der Waals surface area contributed by atoms with E-state index in [9.17, 15) is 4.21 Å². The second-order valence-electron chi connectivity index (χ2n) is 4.72. The van der Waals surface area contributed by atoms with Crippen molar-refractivity contribution in [3.05, 3.63) is 0 Å². The maximum atomic E-state index is 11.7. The average Bonchev–Trinajstić information content (AvgIpc) is 2.14. The molecule has 0 aromatic heterocycles. The number of rotatable bonds is 3.